The van der Waals surface area contributed by atoms with Gasteiger partial charge in [0.05, 0.1) is 24.4 Å². The van der Waals surface area contributed by atoms with Crippen LogP contribution in [0.15, 0.2) is 0 Å². The molecule has 4 rings (SSSR count). The van der Waals surface area contributed by atoms with Gasteiger partial charge < -0.3 is 9.64 Å². The first-order chi connectivity index (χ1) is 10.3. The minimum atomic E-state index is -0.166. The van der Waals surface area contributed by atoms with Crippen molar-refractivity contribution in [2.45, 2.75) is 82.0 Å². The summed E-state index contributed by atoms with van der Waals surface area (Å²) in [5.41, 5.74) is -0.166. The Morgan fingerprint density at radius 2 is 1.76 bits per heavy atom. The van der Waals surface area contributed by atoms with Crippen LogP contribution < -0.4 is 5.32 Å². The first kappa shape index (κ1) is 14.0. The number of rotatable bonds is 5. The van der Waals surface area contributed by atoms with E-state index in [0.717, 1.165) is 26.0 Å². The van der Waals surface area contributed by atoms with Crippen molar-refractivity contribution in [2.75, 3.05) is 13.2 Å². The Morgan fingerprint density at radius 3 is 2.43 bits per heavy atom. The second-order valence-corrected chi connectivity index (χ2v) is 7.49. The Kier molecular flexibility index (Phi) is 3.70. The summed E-state index contributed by atoms with van der Waals surface area (Å²) in [6, 6.07) is 0. The quantitative estimate of drug-likeness (QED) is 0.846. The monoisotopic (exact) mass is 292 g/mol. The molecule has 118 valence electrons. The smallest absolute Gasteiger partial charge is 0.244 e. The Labute approximate surface area is 127 Å². The van der Waals surface area contributed by atoms with Crippen LogP contribution in [0.4, 0.5) is 0 Å². The predicted octanol–water partition coefficient (Wildman–Crippen LogP) is 2.43. The standard InChI is InChI=1S/C17H28N2O2/c20-16-17(9-10-17)18-15(13-5-1-2-6-13)19(16)11-12-21-14-7-3-4-8-14/h13-15,18H,1-12H2. The van der Waals surface area contributed by atoms with Gasteiger partial charge in [-0.05, 0) is 44.4 Å². The number of hydrogen-bond acceptors (Lipinski definition) is 3. The molecule has 1 amide bonds. The second-order valence-electron chi connectivity index (χ2n) is 7.49. The zero-order chi connectivity index (χ0) is 14.3. The molecule has 1 saturated heterocycles. The zero-order valence-corrected chi connectivity index (χ0v) is 13.0. The summed E-state index contributed by atoms with van der Waals surface area (Å²) < 4.78 is 5.99. The number of nitrogens with one attached hydrogen (secondary N) is 1. The van der Waals surface area contributed by atoms with Gasteiger partial charge in [-0.25, -0.2) is 0 Å². The van der Waals surface area contributed by atoms with E-state index in [-0.39, 0.29) is 11.7 Å². The molecule has 3 saturated carbocycles. The predicted molar refractivity (Wildman–Crippen MR) is 80.8 cm³/mol. The summed E-state index contributed by atoms with van der Waals surface area (Å²) >= 11 is 0. The van der Waals surface area contributed by atoms with Crippen molar-refractivity contribution < 1.29 is 9.53 Å². The minimum Gasteiger partial charge on any atom is -0.376 e. The summed E-state index contributed by atoms with van der Waals surface area (Å²) in [6.45, 7) is 1.50. The molecule has 1 N–H and O–H groups in total. The van der Waals surface area contributed by atoms with E-state index in [9.17, 15) is 4.79 Å². The topological polar surface area (TPSA) is 41.6 Å². The molecule has 1 heterocycles. The molecule has 1 atom stereocenters. The minimum absolute atomic E-state index is 0.166. The Bertz CT molecular complexity index is 396. The molecule has 21 heavy (non-hydrogen) atoms. The van der Waals surface area contributed by atoms with Crippen LogP contribution in [0.1, 0.15) is 64.2 Å². The molecule has 0 bridgehead atoms. The average molecular weight is 292 g/mol. The van der Waals surface area contributed by atoms with Gasteiger partial charge in [0.15, 0.2) is 0 Å². The highest BCUT2D eigenvalue weighted by molar-refractivity contribution is 5.91. The third kappa shape index (κ3) is 2.61. The number of carbonyl (C=O) groups excluding carboxylic acids is 1. The van der Waals surface area contributed by atoms with E-state index >= 15 is 0 Å². The maximum Gasteiger partial charge on any atom is 0.244 e. The fourth-order valence-corrected chi connectivity index (χ4v) is 4.57. The normalized spacial score (nSPS) is 32.7. The van der Waals surface area contributed by atoms with Gasteiger partial charge in [0, 0.05) is 6.54 Å². The van der Waals surface area contributed by atoms with E-state index < -0.39 is 0 Å². The van der Waals surface area contributed by atoms with Gasteiger partial charge in [-0.2, -0.15) is 0 Å². The maximum atomic E-state index is 12.7. The Hall–Kier alpha value is -0.610. The summed E-state index contributed by atoms with van der Waals surface area (Å²) in [5.74, 6) is 1.02. The first-order valence-electron chi connectivity index (χ1n) is 8.99. The van der Waals surface area contributed by atoms with Crippen LogP contribution in [0.5, 0.6) is 0 Å². The molecule has 0 radical (unpaired) electrons. The summed E-state index contributed by atoms with van der Waals surface area (Å²) in [6.07, 6.45) is 13.1. The largest absolute Gasteiger partial charge is 0.376 e. The van der Waals surface area contributed by atoms with Gasteiger partial charge in [-0.15, -0.1) is 0 Å². The van der Waals surface area contributed by atoms with Crippen molar-refractivity contribution >= 4 is 5.91 Å². The highest BCUT2D eigenvalue weighted by atomic mass is 16.5. The molecule has 1 spiro atoms. The van der Waals surface area contributed by atoms with Gasteiger partial charge in [-0.3, -0.25) is 10.1 Å². The number of carbonyl (C=O) groups is 1. The van der Waals surface area contributed by atoms with Gasteiger partial charge in [0.1, 0.15) is 0 Å². The molecule has 4 fully saturated rings. The maximum absolute atomic E-state index is 12.7. The SMILES string of the molecule is O=C1N(CCOC2CCCC2)C(C2CCCC2)NC12CC2. The van der Waals surface area contributed by atoms with Crippen molar-refractivity contribution in [3.05, 3.63) is 0 Å². The van der Waals surface area contributed by atoms with Crippen LogP contribution in [0, 0.1) is 5.92 Å². The number of ether oxygens (including phenoxy) is 1. The summed E-state index contributed by atoms with van der Waals surface area (Å²) in [5, 5.41) is 3.68. The molecule has 0 aromatic carbocycles. The lowest BCUT2D eigenvalue weighted by atomic mass is 10.0. The van der Waals surface area contributed by atoms with Crippen LogP contribution in [-0.2, 0) is 9.53 Å². The van der Waals surface area contributed by atoms with Crippen molar-refractivity contribution in [1.82, 2.24) is 10.2 Å². The van der Waals surface area contributed by atoms with Gasteiger partial charge in [-0.1, -0.05) is 25.7 Å². The van der Waals surface area contributed by atoms with Crippen LogP contribution in [0.25, 0.3) is 0 Å². The summed E-state index contributed by atoms with van der Waals surface area (Å²) in [7, 11) is 0. The molecule has 3 aliphatic carbocycles. The Balaban J connectivity index is 1.36. The number of hydrogen-bond donors (Lipinski definition) is 1. The molecule has 1 unspecified atom stereocenters. The second kappa shape index (κ2) is 5.54. The van der Waals surface area contributed by atoms with Crippen LogP contribution in [0.3, 0.4) is 0 Å². The molecule has 4 aliphatic rings. The highest BCUT2D eigenvalue weighted by Crippen LogP contribution is 2.45. The zero-order valence-electron chi connectivity index (χ0n) is 13.0. The van der Waals surface area contributed by atoms with Gasteiger partial charge >= 0.3 is 0 Å². The molecule has 0 aromatic heterocycles. The van der Waals surface area contributed by atoms with E-state index in [2.05, 4.69) is 10.2 Å². The van der Waals surface area contributed by atoms with Crippen LogP contribution in [0.2, 0.25) is 0 Å². The van der Waals surface area contributed by atoms with Crippen molar-refractivity contribution in [3.63, 3.8) is 0 Å². The third-order valence-corrected chi connectivity index (χ3v) is 6.01. The van der Waals surface area contributed by atoms with Crippen molar-refractivity contribution in [1.29, 1.82) is 0 Å². The van der Waals surface area contributed by atoms with Crippen LogP contribution >= 0.6 is 0 Å². The number of amides is 1. The molecule has 1 aliphatic heterocycles. The van der Waals surface area contributed by atoms with E-state index in [1.165, 1.54) is 51.4 Å². The lowest BCUT2D eigenvalue weighted by Crippen LogP contribution is -2.44. The highest BCUT2D eigenvalue weighted by Gasteiger charge is 2.60. The molecular weight excluding hydrogens is 264 g/mol. The lowest BCUT2D eigenvalue weighted by Gasteiger charge is -2.29. The lowest BCUT2D eigenvalue weighted by molar-refractivity contribution is -0.132. The van der Waals surface area contributed by atoms with E-state index in [4.69, 9.17) is 4.74 Å². The molecule has 0 aromatic rings. The fourth-order valence-electron chi connectivity index (χ4n) is 4.57. The average Bonchev–Trinajstić information content (AvgIpc) is 2.92. The molecular formula is C17H28N2O2. The van der Waals surface area contributed by atoms with E-state index in [1.807, 2.05) is 0 Å². The van der Waals surface area contributed by atoms with Crippen LogP contribution in [-0.4, -0.2) is 41.8 Å². The summed E-state index contributed by atoms with van der Waals surface area (Å²) in [4.78, 5) is 14.8. The molecule has 4 nitrogen and oxygen atoms in total. The fraction of sp³-hybridized carbons (Fsp3) is 0.941. The third-order valence-electron chi connectivity index (χ3n) is 6.01. The van der Waals surface area contributed by atoms with Crippen molar-refractivity contribution in [2.24, 2.45) is 5.92 Å². The van der Waals surface area contributed by atoms with Gasteiger partial charge in [0.2, 0.25) is 5.91 Å². The number of nitrogens with zero attached hydrogens (tertiary/aromatic N) is 1. The Morgan fingerprint density at radius 1 is 1.10 bits per heavy atom. The van der Waals surface area contributed by atoms with E-state index in [1.54, 1.807) is 0 Å². The first-order valence-corrected chi connectivity index (χ1v) is 8.99. The molecule has 4 heteroatoms. The van der Waals surface area contributed by atoms with Crippen molar-refractivity contribution in [3.8, 4) is 0 Å². The van der Waals surface area contributed by atoms with Gasteiger partial charge in [0.25, 0.3) is 0 Å². The van der Waals surface area contributed by atoms with E-state index in [0.29, 0.717) is 17.9 Å².